The Labute approximate surface area is 128 Å². The zero-order valence-corrected chi connectivity index (χ0v) is 13.0. The van der Waals surface area contributed by atoms with Gasteiger partial charge in [-0.1, -0.05) is 6.08 Å². The van der Waals surface area contributed by atoms with Crippen molar-refractivity contribution in [1.29, 1.82) is 0 Å². The summed E-state index contributed by atoms with van der Waals surface area (Å²) in [6.45, 7) is 4.24. The van der Waals surface area contributed by atoms with E-state index >= 15 is 0 Å². The molecule has 0 spiro atoms. The molecule has 0 fully saturated rings. The van der Waals surface area contributed by atoms with Crippen LogP contribution in [0.4, 0.5) is 11.4 Å². The van der Waals surface area contributed by atoms with Gasteiger partial charge in [-0.3, -0.25) is 14.9 Å². The van der Waals surface area contributed by atoms with Crippen LogP contribution in [0.5, 0.6) is 0 Å². The summed E-state index contributed by atoms with van der Waals surface area (Å²) in [6.07, 6.45) is 1.81. The number of nitro groups is 1. The van der Waals surface area contributed by atoms with Crippen LogP contribution in [0.25, 0.3) is 0 Å². The van der Waals surface area contributed by atoms with Crippen molar-refractivity contribution < 1.29 is 9.72 Å². The molecule has 114 valence electrons. The van der Waals surface area contributed by atoms with Gasteiger partial charge in [0.2, 0.25) is 0 Å². The summed E-state index contributed by atoms with van der Waals surface area (Å²) in [5.41, 5.74) is 0.643. The largest absolute Gasteiger partial charge is 0.379 e. The summed E-state index contributed by atoms with van der Waals surface area (Å²) in [5.74, 6) is 1.41. The fourth-order valence-electron chi connectivity index (χ4n) is 1.65. The lowest BCUT2D eigenvalue weighted by Crippen LogP contribution is -2.21. The molecule has 0 aliphatic heterocycles. The molecule has 1 amide bonds. The van der Waals surface area contributed by atoms with Gasteiger partial charge in [0.05, 0.1) is 4.92 Å². The van der Waals surface area contributed by atoms with Crippen LogP contribution in [-0.2, 0) is 0 Å². The molecule has 1 N–H and O–H groups in total. The normalized spacial score (nSPS) is 10.0. The number of benzene rings is 1. The van der Waals surface area contributed by atoms with Crippen LogP contribution in [0.1, 0.15) is 10.4 Å². The van der Waals surface area contributed by atoms with Crippen LogP contribution in [-0.4, -0.2) is 47.9 Å². The van der Waals surface area contributed by atoms with E-state index in [1.54, 1.807) is 38.0 Å². The minimum Gasteiger partial charge on any atom is -0.379 e. The van der Waals surface area contributed by atoms with Crippen molar-refractivity contribution in [3.63, 3.8) is 0 Å². The summed E-state index contributed by atoms with van der Waals surface area (Å²) in [7, 11) is 3.22. The van der Waals surface area contributed by atoms with Crippen LogP contribution in [0, 0.1) is 10.1 Å². The van der Waals surface area contributed by atoms with E-state index < -0.39 is 4.92 Å². The summed E-state index contributed by atoms with van der Waals surface area (Å²) in [4.78, 5) is 23.9. The second-order valence-electron chi connectivity index (χ2n) is 4.48. The Morgan fingerprint density at radius 2 is 2.24 bits per heavy atom. The maximum Gasteiger partial charge on any atom is 0.293 e. The monoisotopic (exact) mass is 309 g/mol. The maximum atomic E-state index is 11.8. The number of nitrogens with one attached hydrogen (secondary N) is 1. The predicted molar refractivity (Wildman–Crippen MR) is 87.1 cm³/mol. The van der Waals surface area contributed by atoms with E-state index in [4.69, 9.17) is 0 Å². The second-order valence-corrected chi connectivity index (χ2v) is 5.63. The zero-order chi connectivity index (χ0) is 15.8. The van der Waals surface area contributed by atoms with E-state index in [1.807, 2.05) is 6.08 Å². The van der Waals surface area contributed by atoms with Crippen LogP contribution in [0.3, 0.4) is 0 Å². The fourth-order valence-corrected chi connectivity index (χ4v) is 2.23. The number of nitrogens with zero attached hydrogens (tertiary/aromatic N) is 2. The number of hydrogen-bond donors (Lipinski definition) is 1. The number of thioether (sulfide) groups is 1. The first-order valence-corrected chi connectivity index (χ1v) is 7.55. The number of amides is 1. The Morgan fingerprint density at radius 1 is 1.52 bits per heavy atom. The van der Waals surface area contributed by atoms with Gasteiger partial charge in [0, 0.05) is 43.8 Å². The Kier molecular flexibility index (Phi) is 6.74. The van der Waals surface area contributed by atoms with Gasteiger partial charge < -0.3 is 10.2 Å². The molecule has 21 heavy (non-hydrogen) atoms. The van der Waals surface area contributed by atoms with E-state index in [0.29, 0.717) is 17.8 Å². The molecular formula is C14H19N3O3S. The molecule has 0 aromatic heterocycles. The van der Waals surface area contributed by atoms with Crippen LogP contribution >= 0.6 is 11.8 Å². The first kappa shape index (κ1) is 17.0. The molecule has 0 aliphatic rings. The summed E-state index contributed by atoms with van der Waals surface area (Å²) < 4.78 is 0. The summed E-state index contributed by atoms with van der Waals surface area (Å²) in [6, 6.07) is 4.48. The van der Waals surface area contributed by atoms with E-state index in [1.165, 1.54) is 11.0 Å². The van der Waals surface area contributed by atoms with Gasteiger partial charge in [-0.2, -0.15) is 11.8 Å². The minimum atomic E-state index is -0.480. The van der Waals surface area contributed by atoms with Crippen molar-refractivity contribution >= 4 is 29.0 Å². The molecule has 7 heteroatoms. The van der Waals surface area contributed by atoms with Crippen molar-refractivity contribution in [3.05, 3.63) is 46.5 Å². The van der Waals surface area contributed by atoms with E-state index in [-0.39, 0.29) is 11.6 Å². The molecule has 0 radical (unpaired) electrons. The quantitative estimate of drug-likeness (QED) is 0.346. The minimum absolute atomic E-state index is 0.0866. The average Bonchev–Trinajstić information content (AvgIpc) is 2.46. The highest BCUT2D eigenvalue weighted by Gasteiger charge is 2.18. The molecule has 0 unspecified atom stereocenters. The Bertz CT molecular complexity index is 532. The fraction of sp³-hybridized carbons (Fsp3) is 0.357. The number of hydrogen-bond acceptors (Lipinski definition) is 5. The highest BCUT2D eigenvalue weighted by atomic mass is 32.2. The molecule has 0 atom stereocenters. The lowest BCUT2D eigenvalue weighted by Gasteiger charge is -2.12. The molecule has 0 heterocycles. The van der Waals surface area contributed by atoms with Crippen molar-refractivity contribution in [2.75, 3.05) is 37.5 Å². The number of anilines is 1. The van der Waals surface area contributed by atoms with Gasteiger partial charge in [-0.15, -0.1) is 6.58 Å². The molecule has 0 bridgehead atoms. The van der Waals surface area contributed by atoms with E-state index in [2.05, 4.69) is 11.9 Å². The topological polar surface area (TPSA) is 75.5 Å². The first-order valence-electron chi connectivity index (χ1n) is 6.40. The third kappa shape index (κ3) is 5.11. The molecule has 1 aromatic rings. The van der Waals surface area contributed by atoms with Gasteiger partial charge in [-0.05, 0) is 12.1 Å². The first-order chi connectivity index (χ1) is 9.97. The molecule has 0 saturated carbocycles. The van der Waals surface area contributed by atoms with Gasteiger partial charge in [0.25, 0.3) is 11.6 Å². The molecule has 1 aromatic carbocycles. The predicted octanol–water partition coefficient (Wildman–Crippen LogP) is 2.63. The highest BCUT2D eigenvalue weighted by molar-refractivity contribution is 7.99. The van der Waals surface area contributed by atoms with Crippen molar-refractivity contribution in [2.24, 2.45) is 0 Å². The highest BCUT2D eigenvalue weighted by Crippen LogP contribution is 2.26. The number of rotatable bonds is 8. The van der Waals surface area contributed by atoms with Crippen molar-refractivity contribution in [3.8, 4) is 0 Å². The van der Waals surface area contributed by atoms with Gasteiger partial charge in [-0.25, -0.2) is 0 Å². The van der Waals surface area contributed by atoms with Gasteiger partial charge in [0.1, 0.15) is 5.69 Å². The Morgan fingerprint density at radius 3 is 2.81 bits per heavy atom. The van der Waals surface area contributed by atoms with E-state index in [9.17, 15) is 14.9 Å². The third-order valence-electron chi connectivity index (χ3n) is 2.65. The smallest absolute Gasteiger partial charge is 0.293 e. The SMILES string of the molecule is C=CCSCCNc1ccc(C(=O)N(C)C)cc1[N+](=O)[O-]. The maximum absolute atomic E-state index is 11.8. The Hall–Kier alpha value is -2.02. The van der Waals surface area contributed by atoms with Crippen LogP contribution < -0.4 is 5.32 Å². The van der Waals surface area contributed by atoms with Crippen molar-refractivity contribution in [1.82, 2.24) is 4.90 Å². The molecule has 0 saturated heterocycles. The standard InChI is InChI=1S/C14H19N3O3S/c1-4-8-21-9-7-15-12-6-5-11(14(18)16(2)3)10-13(12)17(19)20/h4-6,10,15H,1,7-9H2,2-3H3. The van der Waals surface area contributed by atoms with Crippen LogP contribution in [0.15, 0.2) is 30.9 Å². The molecule has 0 aliphatic carbocycles. The third-order valence-corrected chi connectivity index (χ3v) is 3.61. The molecular weight excluding hydrogens is 290 g/mol. The van der Waals surface area contributed by atoms with Crippen LogP contribution in [0.2, 0.25) is 0 Å². The van der Waals surface area contributed by atoms with Crippen molar-refractivity contribution in [2.45, 2.75) is 0 Å². The lowest BCUT2D eigenvalue weighted by atomic mass is 10.1. The summed E-state index contributed by atoms with van der Waals surface area (Å²) in [5, 5.41) is 14.2. The number of carbonyl (C=O) groups excluding carboxylic acids is 1. The average molecular weight is 309 g/mol. The number of nitro benzene ring substituents is 1. The molecule has 1 rings (SSSR count). The zero-order valence-electron chi connectivity index (χ0n) is 12.2. The molecule has 6 nitrogen and oxygen atoms in total. The number of carbonyl (C=O) groups is 1. The van der Waals surface area contributed by atoms with Gasteiger partial charge in [0.15, 0.2) is 0 Å². The van der Waals surface area contributed by atoms with E-state index in [0.717, 1.165) is 11.5 Å². The second kappa shape index (κ2) is 8.31. The summed E-state index contributed by atoms with van der Waals surface area (Å²) >= 11 is 1.69. The lowest BCUT2D eigenvalue weighted by molar-refractivity contribution is -0.384. The van der Waals surface area contributed by atoms with Gasteiger partial charge >= 0.3 is 0 Å². The Balaban J connectivity index is 2.82.